The van der Waals surface area contributed by atoms with Crippen molar-refractivity contribution in [1.29, 1.82) is 0 Å². The molecule has 0 radical (unpaired) electrons. The van der Waals surface area contributed by atoms with Crippen molar-refractivity contribution in [1.82, 2.24) is 4.90 Å². The first kappa shape index (κ1) is 22.3. The molecule has 2 nitrogen and oxygen atoms in total. The maximum absolute atomic E-state index is 5.41. The lowest BCUT2D eigenvalue weighted by Gasteiger charge is -2.35. The third-order valence-corrected chi connectivity index (χ3v) is 11.4. The van der Waals surface area contributed by atoms with Crippen LogP contribution in [0.2, 0.25) is 13.1 Å². The Morgan fingerprint density at radius 3 is 1.84 bits per heavy atom. The Hall–Kier alpha value is -1.94. The third-order valence-electron chi connectivity index (χ3n) is 7.25. The highest BCUT2D eigenvalue weighted by molar-refractivity contribution is 6.81. The van der Waals surface area contributed by atoms with Gasteiger partial charge in [0.05, 0.1) is 14.7 Å². The molecule has 0 saturated heterocycles. The first-order chi connectivity index (χ1) is 14.9. The number of hydrogen-bond donors (Lipinski definition) is 0. The Morgan fingerprint density at radius 1 is 0.806 bits per heavy atom. The van der Waals surface area contributed by atoms with Crippen molar-refractivity contribution < 1.29 is 4.74 Å². The van der Waals surface area contributed by atoms with Gasteiger partial charge < -0.3 is 9.64 Å². The summed E-state index contributed by atoms with van der Waals surface area (Å²) in [5.41, 5.74) is 10.2. The Kier molecular flexibility index (Phi) is 6.66. The molecular weight excluding hydrogens is 394 g/mol. The number of hydrogen-bond acceptors (Lipinski definition) is 2. The third kappa shape index (κ3) is 4.37. The number of fused-ring (bicyclic) bond motifs is 2. The van der Waals surface area contributed by atoms with Crippen molar-refractivity contribution in [2.75, 3.05) is 34.4 Å². The van der Waals surface area contributed by atoms with Crippen LogP contribution in [0.5, 0.6) is 0 Å². The van der Waals surface area contributed by atoms with Crippen LogP contribution in [0.15, 0.2) is 60.7 Å². The minimum absolute atomic E-state index is 0.547. The molecule has 2 aromatic rings. The molecule has 2 aromatic carbocycles. The van der Waals surface area contributed by atoms with Crippen molar-refractivity contribution in [2.24, 2.45) is 0 Å². The highest BCUT2D eigenvalue weighted by Crippen LogP contribution is 2.51. The van der Waals surface area contributed by atoms with Gasteiger partial charge in [0.15, 0.2) is 0 Å². The van der Waals surface area contributed by atoms with Crippen LogP contribution in [0.3, 0.4) is 0 Å². The van der Waals surface area contributed by atoms with E-state index in [0.29, 0.717) is 11.1 Å². The van der Waals surface area contributed by atoms with Crippen molar-refractivity contribution in [3.8, 4) is 0 Å². The first-order valence-corrected chi connectivity index (χ1v) is 14.8. The molecule has 0 aromatic heterocycles. The average molecular weight is 432 g/mol. The van der Waals surface area contributed by atoms with Gasteiger partial charge in [-0.3, -0.25) is 0 Å². The maximum Gasteiger partial charge on any atom is 0.0715 e. The fourth-order valence-corrected chi connectivity index (χ4v) is 9.30. The average Bonchev–Trinajstić information content (AvgIpc) is 3.32. The van der Waals surface area contributed by atoms with Crippen LogP contribution in [0.1, 0.15) is 52.6 Å². The predicted octanol–water partition coefficient (Wildman–Crippen LogP) is 6.51. The summed E-state index contributed by atoms with van der Waals surface area (Å²) in [6.07, 6.45) is 8.63. The normalized spacial score (nSPS) is 19.9. The van der Waals surface area contributed by atoms with Gasteiger partial charge in [0, 0.05) is 7.11 Å². The van der Waals surface area contributed by atoms with Crippen LogP contribution >= 0.6 is 0 Å². The van der Waals surface area contributed by atoms with Crippen LogP contribution in [0.25, 0.3) is 11.1 Å². The number of ether oxygens (including phenoxy) is 1. The lowest BCUT2D eigenvalue weighted by Crippen LogP contribution is -2.39. The van der Waals surface area contributed by atoms with Gasteiger partial charge in [-0.2, -0.15) is 0 Å². The van der Waals surface area contributed by atoms with Gasteiger partial charge in [-0.05, 0) is 84.4 Å². The molecule has 2 aliphatic rings. The number of nitrogens with zero attached hydrogens (tertiary/aromatic N) is 1. The van der Waals surface area contributed by atoms with Gasteiger partial charge in [0.1, 0.15) is 0 Å². The van der Waals surface area contributed by atoms with Crippen molar-refractivity contribution >= 4 is 19.2 Å². The molecule has 164 valence electrons. The monoisotopic (exact) mass is 431 g/mol. The molecule has 4 rings (SSSR count). The summed E-state index contributed by atoms with van der Waals surface area (Å²) in [6, 6.07) is 18.3. The quantitative estimate of drug-likeness (QED) is 0.419. The van der Waals surface area contributed by atoms with Crippen LogP contribution in [0.4, 0.5) is 0 Å². The molecule has 0 amide bonds. The van der Waals surface area contributed by atoms with Gasteiger partial charge in [-0.25, -0.2) is 0 Å². The van der Waals surface area contributed by atoms with E-state index in [-0.39, 0.29) is 0 Å². The summed E-state index contributed by atoms with van der Waals surface area (Å²) in [5.74, 6) is 0. The van der Waals surface area contributed by atoms with Gasteiger partial charge in [0.2, 0.25) is 0 Å². The number of allylic oxidation sites excluding steroid dienone is 3. The largest absolute Gasteiger partial charge is 0.384 e. The minimum atomic E-state index is -1.73. The highest BCUT2D eigenvalue weighted by atomic mass is 28.3. The summed E-state index contributed by atoms with van der Waals surface area (Å²) in [4.78, 5) is 2.29. The topological polar surface area (TPSA) is 12.5 Å². The Morgan fingerprint density at radius 2 is 1.32 bits per heavy atom. The number of benzene rings is 2. The van der Waals surface area contributed by atoms with Gasteiger partial charge >= 0.3 is 0 Å². The molecule has 0 aliphatic heterocycles. The van der Waals surface area contributed by atoms with Crippen LogP contribution in [0, 0.1) is 0 Å². The summed E-state index contributed by atoms with van der Waals surface area (Å²) in [6.45, 7) is 7.14. The lowest BCUT2D eigenvalue weighted by atomic mass is 10.0. The molecule has 2 aliphatic carbocycles. The van der Waals surface area contributed by atoms with Gasteiger partial charge in [-0.15, -0.1) is 0 Å². The highest BCUT2D eigenvalue weighted by Gasteiger charge is 2.44. The lowest BCUT2D eigenvalue weighted by molar-refractivity contribution is 0.206. The van der Waals surface area contributed by atoms with Gasteiger partial charge in [0.25, 0.3) is 0 Å². The molecule has 0 heterocycles. The standard InChI is InChI=1S/C28H37NOSi/c1-29(2)17-10-11-21-19-27(25-14-8-6-12-23(21)25)31(4,5)28-20-22(16-18-30-3)24-13-7-9-15-26(24)28/h6-9,12-15,19-20,27-28H,10-11,16-18H2,1-5H3. The van der Waals surface area contributed by atoms with Crippen molar-refractivity contribution in [2.45, 2.75) is 43.4 Å². The van der Waals surface area contributed by atoms with E-state index in [4.69, 9.17) is 4.74 Å². The van der Waals surface area contributed by atoms with E-state index in [2.05, 4.69) is 92.8 Å². The Labute approximate surface area is 189 Å². The predicted molar refractivity (Wildman–Crippen MR) is 136 cm³/mol. The second-order valence-corrected chi connectivity index (χ2v) is 14.9. The molecule has 3 heteroatoms. The van der Waals surface area contributed by atoms with Crippen molar-refractivity contribution in [3.05, 3.63) is 82.9 Å². The fraction of sp³-hybridized carbons (Fsp3) is 0.429. The molecule has 0 N–H and O–H groups in total. The van der Waals surface area contributed by atoms with E-state index in [1.54, 1.807) is 18.2 Å². The molecular formula is C28H37NOSi. The van der Waals surface area contributed by atoms with E-state index < -0.39 is 8.07 Å². The number of rotatable bonds is 9. The Balaban J connectivity index is 1.68. The second-order valence-electron chi connectivity index (χ2n) is 9.98. The maximum atomic E-state index is 5.41. The summed E-state index contributed by atoms with van der Waals surface area (Å²) >= 11 is 0. The minimum Gasteiger partial charge on any atom is -0.384 e. The second kappa shape index (κ2) is 9.28. The fourth-order valence-electron chi connectivity index (χ4n) is 5.54. The van der Waals surface area contributed by atoms with E-state index in [1.165, 1.54) is 35.1 Å². The van der Waals surface area contributed by atoms with Crippen LogP contribution in [-0.4, -0.2) is 47.3 Å². The molecule has 0 bridgehead atoms. The van der Waals surface area contributed by atoms with E-state index >= 15 is 0 Å². The SMILES string of the molecule is COCCC1=CC([Si](C)(C)C2C=C(CCCN(C)C)c3ccccc32)c2ccccc21. The van der Waals surface area contributed by atoms with E-state index in [1.807, 2.05) is 0 Å². The molecule has 31 heavy (non-hydrogen) atoms. The zero-order chi connectivity index (χ0) is 22.0. The molecule has 0 spiro atoms. The van der Waals surface area contributed by atoms with Gasteiger partial charge in [-0.1, -0.05) is 73.8 Å². The summed E-state index contributed by atoms with van der Waals surface area (Å²) in [7, 11) is 4.41. The number of methoxy groups -OCH3 is 1. The van der Waals surface area contributed by atoms with E-state index in [0.717, 1.165) is 19.6 Å². The van der Waals surface area contributed by atoms with Crippen LogP contribution < -0.4 is 0 Å². The molecule has 2 atom stereocenters. The van der Waals surface area contributed by atoms with Crippen LogP contribution in [-0.2, 0) is 4.74 Å². The summed E-state index contributed by atoms with van der Waals surface area (Å²) < 4.78 is 5.41. The van der Waals surface area contributed by atoms with Crippen molar-refractivity contribution in [3.63, 3.8) is 0 Å². The Bertz CT molecular complexity index is 988. The molecule has 0 saturated carbocycles. The van der Waals surface area contributed by atoms with E-state index in [9.17, 15) is 0 Å². The zero-order valence-corrected chi connectivity index (χ0v) is 20.8. The molecule has 0 fully saturated rings. The smallest absolute Gasteiger partial charge is 0.0715 e. The zero-order valence-electron chi connectivity index (χ0n) is 19.8. The molecule has 2 unspecified atom stereocenters. The first-order valence-electron chi connectivity index (χ1n) is 11.7. The summed E-state index contributed by atoms with van der Waals surface area (Å²) in [5, 5.41) is 0.